The number of pyridine rings is 1. The number of hydrogen-bond acceptors (Lipinski definition) is 9. The third-order valence-electron chi connectivity index (χ3n) is 7.02. The Morgan fingerprint density at radius 1 is 0.974 bits per heavy atom. The fraction of sp³-hybridized carbons (Fsp3) is 0.345. The van der Waals surface area contributed by atoms with E-state index < -0.39 is 0 Å². The highest BCUT2D eigenvalue weighted by molar-refractivity contribution is 5.94. The van der Waals surface area contributed by atoms with E-state index in [1.165, 1.54) is 0 Å². The van der Waals surface area contributed by atoms with Crippen molar-refractivity contribution in [3.05, 3.63) is 67.0 Å². The lowest BCUT2D eigenvalue weighted by atomic mass is 10.0. The molecular weight excluding hydrogens is 478 g/mol. The summed E-state index contributed by atoms with van der Waals surface area (Å²) in [6.07, 6.45) is 3.71. The first-order valence-electron chi connectivity index (χ1n) is 13.3. The van der Waals surface area contributed by atoms with Gasteiger partial charge in [-0.25, -0.2) is 15.0 Å². The van der Waals surface area contributed by atoms with Crippen molar-refractivity contribution >= 4 is 28.4 Å². The number of aromatic nitrogens is 3. The first-order valence-corrected chi connectivity index (χ1v) is 13.3. The Kier molecular flexibility index (Phi) is 7.30. The van der Waals surface area contributed by atoms with Crippen molar-refractivity contribution in [2.75, 3.05) is 56.1 Å². The van der Waals surface area contributed by atoms with Crippen LogP contribution in [0.25, 0.3) is 22.0 Å². The van der Waals surface area contributed by atoms with Gasteiger partial charge in [-0.3, -0.25) is 0 Å². The second-order valence-corrected chi connectivity index (χ2v) is 9.66. The van der Waals surface area contributed by atoms with E-state index in [4.69, 9.17) is 14.5 Å². The van der Waals surface area contributed by atoms with Crippen molar-refractivity contribution in [2.24, 2.45) is 0 Å². The second kappa shape index (κ2) is 11.3. The maximum absolute atomic E-state index is 6.15. The summed E-state index contributed by atoms with van der Waals surface area (Å²) in [6.45, 7) is 8.37. The predicted octanol–water partition coefficient (Wildman–Crippen LogP) is 3.60. The Labute approximate surface area is 222 Å². The Hall–Kier alpha value is -3.79. The molecule has 6 rings (SSSR count). The minimum absolute atomic E-state index is 0.0343. The largest absolute Gasteiger partial charge is 0.488 e. The number of para-hydroxylation sites is 1. The van der Waals surface area contributed by atoms with Crippen LogP contribution in [0.5, 0.6) is 5.75 Å². The molecule has 0 saturated carbocycles. The van der Waals surface area contributed by atoms with E-state index in [2.05, 4.69) is 55.9 Å². The van der Waals surface area contributed by atoms with Gasteiger partial charge in [0.1, 0.15) is 23.8 Å². The molecule has 2 unspecified atom stereocenters. The Bertz CT molecular complexity index is 1350. The van der Waals surface area contributed by atoms with Gasteiger partial charge in [-0.05, 0) is 36.8 Å². The summed E-state index contributed by atoms with van der Waals surface area (Å²) < 4.78 is 12.0. The second-order valence-electron chi connectivity index (χ2n) is 9.66. The maximum atomic E-state index is 6.15. The number of ether oxygens (including phenoxy) is 2. The fourth-order valence-corrected chi connectivity index (χ4v) is 4.91. The summed E-state index contributed by atoms with van der Waals surface area (Å²) in [5.74, 6) is 2.35. The van der Waals surface area contributed by atoms with E-state index in [1.807, 2.05) is 48.8 Å². The molecule has 2 aromatic heterocycles. The topological polar surface area (TPSA) is 96.5 Å². The van der Waals surface area contributed by atoms with Crippen molar-refractivity contribution < 1.29 is 9.47 Å². The molecule has 2 saturated heterocycles. The highest BCUT2D eigenvalue weighted by Gasteiger charge is 2.22. The Morgan fingerprint density at radius 2 is 1.84 bits per heavy atom. The summed E-state index contributed by atoms with van der Waals surface area (Å²) >= 11 is 0. The summed E-state index contributed by atoms with van der Waals surface area (Å²) in [5, 5.41) is 11.0. The zero-order valence-electron chi connectivity index (χ0n) is 21.6. The van der Waals surface area contributed by atoms with Crippen LogP contribution in [-0.4, -0.2) is 73.0 Å². The smallest absolute Gasteiger partial charge is 0.227 e. The van der Waals surface area contributed by atoms with Gasteiger partial charge in [-0.15, -0.1) is 0 Å². The average Bonchev–Trinajstić information content (AvgIpc) is 2.98. The normalized spacial score (nSPS) is 18.8. The number of fused-ring (bicyclic) bond motifs is 1. The fourth-order valence-electron chi connectivity index (χ4n) is 4.91. The molecule has 9 nitrogen and oxygen atoms in total. The van der Waals surface area contributed by atoms with Crippen LogP contribution in [0, 0.1) is 0 Å². The van der Waals surface area contributed by atoms with Gasteiger partial charge in [0.2, 0.25) is 5.95 Å². The number of hydrogen-bond donors (Lipinski definition) is 3. The van der Waals surface area contributed by atoms with Crippen LogP contribution in [0.4, 0.5) is 17.5 Å². The van der Waals surface area contributed by atoms with Gasteiger partial charge in [0.25, 0.3) is 0 Å². The van der Waals surface area contributed by atoms with E-state index in [9.17, 15) is 0 Å². The Balaban J connectivity index is 1.18. The van der Waals surface area contributed by atoms with Crippen LogP contribution in [0.2, 0.25) is 0 Å². The molecule has 0 bridgehead atoms. The van der Waals surface area contributed by atoms with Crippen LogP contribution in [0.3, 0.4) is 0 Å². The van der Waals surface area contributed by atoms with Crippen molar-refractivity contribution in [1.29, 1.82) is 0 Å². The molecule has 4 heterocycles. The summed E-state index contributed by atoms with van der Waals surface area (Å²) in [5.41, 5.74) is 3.85. The van der Waals surface area contributed by atoms with Crippen molar-refractivity contribution in [3.63, 3.8) is 0 Å². The standard InChI is InChI=1S/C29H33N7O2/c1-20(26-19-31-13-16-37-26)38-24-8-5-21(6-9-24)25-4-2-3-22-17-33-29(35-28(22)25)34-23-7-10-27(32-18-23)36-14-11-30-12-15-36/h2-10,17-18,20,26,30-31H,11-16,19H2,1H3,(H,33,34,35). The van der Waals surface area contributed by atoms with E-state index in [-0.39, 0.29) is 12.2 Å². The number of benzene rings is 2. The molecule has 4 aromatic rings. The summed E-state index contributed by atoms with van der Waals surface area (Å²) in [4.78, 5) is 16.3. The summed E-state index contributed by atoms with van der Waals surface area (Å²) in [6, 6.07) is 18.4. The quantitative estimate of drug-likeness (QED) is 0.344. The lowest BCUT2D eigenvalue weighted by Crippen LogP contribution is -2.46. The zero-order chi connectivity index (χ0) is 25.7. The van der Waals surface area contributed by atoms with Crippen molar-refractivity contribution in [2.45, 2.75) is 19.1 Å². The molecule has 0 amide bonds. The van der Waals surface area contributed by atoms with E-state index >= 15 is 0 Å². The molecule has 2 fully saturated rings. The Morgan fingerprint density at radius 3 is 2.61 bits per heavy atom. The molecule has 3 N–H and O–H groups in total. The minimum Gasteiger partial charge on any atom is -0.488 e. The minimum atomic E-state index is -0.0343. The summed E-state index contributed by atoms with van der Waals surface area (Å²) in [7, 11) is 0. The van der Waals surface area contributed by atoms with Crippen LogP contribution < -0.4 is 25.6 Å². The molecule has 196 valence electrons. The first-order chi connectivity index (χ1) is 18.7. The first kappa shape index (κ1) is 24.5. The third kappa shape index (κ3) is 5.55. The van der Waals surface area contributed by atoms with Crippen LogP contribution in [-0.2, 0) is 4.74 Å². The molecule has 38 heavy (non-hydrogen) atoms. The third-order valence-corrected chi connectivity index (χ3v) is 7.02. The molecule has 2 aliphatic rings. The van der Waals surface area contributed by atoms with Crippen LogP contribution in [0.15, 0.2) is 67.0 Å². The molecule has 9 heteroatoms. The van der Waals surface area contributed by atoms with Crippen LogP contribution >= 0.6 is 0 Å². The number of nitrogens with one attached hydrogen (secondary N) is 3. The highest BCUT2D eigenvalue weighted by atomic mass is 16.5. The van der Waals surface area contributed by atoms with Gasteiger partial charge < -0.3 is 30.3 Å². The van der Waals surface area contributed by atoms with Gasteiger partial charge >= 0.3 is 0 Å². The lowest BCUT2D eigenvalue weighted by molar-refractivity contribution is -0.0350. The molecule has 0 spiro atoms. The van der Waals surface area contributed by atoms with Gasteiger partial charge in [0.15, 0.2) is 0 Å². The van der Waals surface area contributed by atoms with Gasteiger partial charge in [-0.1, -0.05) is 30.3 Å². The number of morpholine rings is 1. The van der Waals surface area contributed by atoms with Gasteiger partial charge in [0.05, 0.1) is 24.0 Å². The molecule has 0 radical (unpaired) electrons. The molecule has 2 aromatic carbocycles. The van der Waals surface area contributed by atoms with Crippen molar-refractivity contribution in [1.82, 2.24) is 25.6 Å². The SMILES string of the molecule is CC(Oc1ccc(-c2cccc3cnc(Nc4ccc(N5CCNCC5)nc4)nc23)cc1)C1CNCCO1. The molecule has 2 aliphatic heterocycles. The van der Waals surface area contributed by atoms with E-state index in [0.717, 1.165) is 85.2 Å². The molecular formula is C29H33N7O2. The number of anilines is 3. The number of piperazine rings is 1. The van der Waals surface area contributed by atoms with Gasteiger partial charge in [0, 0.05) is 56.4 Å². The van der Waals surface area contributed by atoms with E-state index in [0.29, 0.717) is 5.95 Å². The van der Waals surface area contributed by atoms with Crippen LogP contribution in [0.1, 0.15) is 6.92 Å². The highest BCUT2D eigenvalue weighted by Crippen LogP contribution is 2.30. The lowest BCUT2D eigenvalue weighted by Gasteiger charge is -2.29. The number of rotatable bonds is 7. The average molecular weight is 512 g/mol. The predicted molar refractivity (Wildman–Crippen MR) is 150 cm³/mol. The number of nitrogens with zero attached hydrogens (tertiary/aromatic N) is 4. The maximum Gasteiger partial charge on any atom is 0.227 e. The van der Waals surface area contributed by atoms with Crippen molar-refractivity contribution in [3.8, 4) is 16.9 Å². The zero-order valence-corrected chi connectivity index (χ0v) is 21.6. The van der Waals surface area contributed by atoms with E-state index in [1.54, 1.807) is 0 Å². The molecule has 2 atom stereocenters. The van der Waals surface area contributed by atoms with Gasteiger partial charge in [-0.2, -0.15) is 0 Å². The monoisotopic (exact) mass is 511 g/mol. The molecule has 0 aliphatic carbocycles.